The second-order valence-electron chi connectivity index (χ2n) is 4.14. The van der Waals surface area contributed by atoms with Crippen LogP contribution in [0.15, 0.2) is 12.1 Å². The summed E-state index contributed by atoms with van der Waals surface area (Å²) in [6.45, 7) is 3.73. The molecule has 18 heavy (non-hydrogen) atoms. The molecule has 1 rings (SSSR count). The number of carbonyl (C=O) groups is 1. The molecule has 2 nitrogen and oxygen atoms in total. The van der Waals surface area contributed by atoms with Gasteiger partial charge in [-0.2, -0.15) is 0 Å². The number of hydrogen-bond donors (Lipinski definition) is 1. The van der Waals surface area contributed by atoms with Crippen molar-refractivity contribution in [3.05, 3.63) is 34.4 Å². The van der Waals surface area contributed by atoms with Gasteiger partial charge in [-0.1, -0.05) is 34.5 Å². The van der Waals surface area contributed by atoms with Gasteiger partial charge in [-0.15, -0.1) is 0 Å². The number of carbonyl (C=O) groups excluding carboxylic acids is 1. The van der Waals surface area contributed by atoms with Crippen LogP contribution in [0.25, 0.3) is 0 Å². The lowest BCUT2D eigenvalue weighted by atomic mass is 10.1. The molecule has 1 aromatic carbocycles. The van der Waals surface area contributed by atoms with E-state index in [0.717, 1.165) is 12.1 Å². The van der Waals surface area contributed by atoms with E-state index < -0.39 is 17.5 Å². The third-order valence-electron chi connectivity index (χ3n) is 2.31. The van der Waals surface area contributed by atoms with E-state index in [0.29, 0.717) is 6.42 Å². The predicted octanol–water partition coefficient (Wildman–Crippen LogP) is 3.91. The monoisotopic (exact) mass is 339 g/mol. The van der Waals surface area contributed by atoms with Gasteiger partial charge in [0.2, 0.25) is 0 Å². The summed E-state index contributed by atoms with van der Waals surface area (Å²) in [5, 5.41) is 2.25. The average molecular weight is 341 g/mol. The van der Waals surface area contributed by atoms with Gasteiger partial charge in [0.1, 0.15) is 11.6 Å². The van der Waals surface area contributed by atoms with Gasteiger partial charge >= 0.3 is 0 Å². The fourth-order valence-corrected chi connectivity index (χ4v) is 2.26. The van der Waals surface area contributed by atoms with Gasteiger partial charge in [0.25, 0.3) is 5.91 Å². The average Bonchev–Trinajstić information content (AvgIpc) is 2.21. The zero-order chi connectivity index (χ0) is 13.9. The Bertz CT molecular complexity index is 454. The molecule has 0 saturated heterocycles. The molecule has 0 saturated carbocycles. The number of hydrogen-bond acceptors (Lipinski definition) is 1. The van der Waals surface area contributed by atoms with Crippen molar-refractivity contribution in [3.63, 3.8) is 0 Å². The molecule has 0 heterocycles. The molecule has 0 fully saturated rings. The maximum absolute atomic E-state index is 13.5. The first-order chi connectivity index (χ1) is 8.31. The third-order valence-corrected chi connectivity index (χ3v) is 2.97. The quantitative estimate of drug-likeness (QED) is 0.653. The molecular weight excluding hydrogens is 327 g/mol. The Labute approximate surface area is 118 Å². The maximum atomic E-state index is 13.5. The van der Waals surface area contributed by atoms with Crippen molar-refractivity contribution in [1.29, 1.82) is 0 Å². The van der Waals surface area contributed by atoms with Crippen LogP contribution >= 0.6 is 27.5 Å². The molecule has 0 bridgehead atoms. The largest absolute Gasteiger partial charge is 0.349 e. The van der Waals surface area contributed by atoms with Crippen molar-refractivity contribution < 1.29 is 13.6 Å². The second-order valence-corrected chi connectivity index (χ2v) is 6.11. The lowest BCUT2D eigenvalue weighted by Gasteiger charge is -2.15. The van der Waals surface area contributed by atoms with E-state index in [4.69, 9.17) is 11.6 Å². The molecule has 100 valence electrons. The summed E-state index contributed by atoms with van der Waals surface area (Å²) in [6.07, 6.45) is 0.684. The van der Waals surface area contributed by atoms with Crippen molar-refractivity contribution in [2.24, 2.45) is 0 Å². The lowest BCUT2D eigenvalue weighted by Crippen LogP contribution is -2.34. The van der Waals surface area contributed by atoms with Crippen molar-refractivity contribution in [1.82, 2.24) is 5.32 Å². The fourth-order valence-electron chi connectivity index (χ4n) is 1.54. The Morgan fingerprint density at radius 1 is 1.39 bits per heavy atom. The Kier molecular flexibility index (Phi) is 5.53. The maximum Gasteiger partial charge on any atom is 0.254 e. The Morgan fingerprint density at radius 2 is 2.00 bits per heavy atom. The predicted molar refractivity (Wildman–Crippen MR) is 71.3 cm³/mol. The van der Waals surface area contributed by atoms with Crippen molar-refractivity contribution in [2.75, 3.05) is 0 Å². The minimum Gasteiger partial charge on any atom is -0.349 e. The smallest absolute Gasteiger partial charge is 0.254 e. The highest BCUT2D eigenvalue weighted by Crippen LogP contribution is 2.19. The summed E-state index contributed by atoms with van der Waals surface area (Å²) >= 11 is 8.77. The van der Waals surface area contributed by atoms with Gasteiger partial charge in [-0.3, -0.25) is 4.79 Å². The molecule has 0 radical (unpaired) electrons. The molecule has 2 unspecified atom stereocenters. The fraction of sp³-hybridized carbons (Fsp3) is 0.417. The van der Waals surface area contributed by atoms with Crippen LogP contribution in [-0.2, 0) is 0 Å². The van der Waals surface area contributed by atoms with Crippen LogP contribution < -0.4 is 5.32 Å². The Hall–Kier alpha value is -0.680. The van der Waals surface area contributed by atoms with E-state index in [-0.39, 0.29) is 21.5 Å². The van der Waals surface area contributed by atoms with E-state index in [2.05, 4.69) is 21.2 Å². The summed E-state index contributed by atoms with van der Waals surface area (Å²) in [6, 6.07) is 1.45. The second kappa shape index (κ2) is 6.48. The highest BCUT2D eigenvalue weighted by molar-refractivity contribution is 9.09. The topological polar surface area (TPSA) is 29.1 Å². The standard InChI is InChI=1S/C12H13BrClF2NO/c1-6(13)3-7(2)17-12(18)8-4-11(16)9(14)5-10(8)15/h4-7H,3H2,1-2H3,(H,17,18). The van der Waals surface area contributed by atoms with E-state index >= 15 is 0 Å². The van der Waals surface area contributed by atoms with Crippen LogP contribution in [0, 0.1) is 11.6 Å². The third kappa shape index (κ3) is 4.21. The van der Waals surface area contributed by atoms with Gasteiger partial charge in [0, 0.05) is 10.9 Å². The van der Waals surface area contributed by atoms with Crippen LogP contribution in [0.3, 0.4) is 0 Å². The number of amides is 1. The highest BCUT2D eigenvalue weighted by atomic mass is 79.9. The first-order valence-corrected chi connectivity index (χ1v) is 6.70. The summed E-state index contributed by atoms with van der Waals surface area (Å²) in [5.41, 5.74) is -0.342. The number of benzene rings is 1. The first kappa shape index (κ1) is 15.4. The van der Waals surface area contributed by atoms with Crippen LogP contribution in [0.5, 0.6) is 0 Å². The molecule has 6 heteroatoms. The molecule has 0 aliphatic rings. The van der Waals surface area contributed by atoms with E-state index in [9.17, 15) is 13.6 Å². The number of halogens is 4. The van der Waals surface area contributed by atoms with Gasteiger partial charge < -0.3 is 5.32 Å². The number of alkyl halides is 1. The summed E-state index contributed by atoms with van der Waals surface area (Å²) in [5.74, 6) is -2.30. The van der Waals surface area contributed by atoms with Gasteiger partial charge in [0.15, 0.2) is 0 Å². The molecule has 0 aliphatic heterocycles. The molecule has 1 amide bonds. The Morgan fingerprint density at radius 3 is 2.56 bits per heavy atom. The van der Waals surface area contributed by atoms with Crippen LogP contribution in [0.2, 0.25) is 5.02 Å². The van der Waals surface area contributed by atoms with Crippen molar-refractivity contribution in [3.8, 4) is 0 Å². The van der Waals surface area contributed by atoms with E-state index in [1.165, 1.54) is 0 Å². The van der Waals surface area contributed by atoms with Crippen LogP contribution in [0.4, 0.5) is 8.78 Å². The van der Waals surface area contributed by atoms with Crippen molar-refractivity contribution in [2.45, 2.75) is 31.1 Å². The zero-order valence-corrected chi connectivity index (χ0v) is 12.3. The highest BCUT2D eigenvalue weighted by Gasteiger charge is 2.17. The van der Waals surface area contributed by atoms with E-state index in [1.807, 2.05) is 6.92 Å². The number of rotatable bonds is 4. The van der Waals surface area contributed by atoms with Gasteiger partial charge in [-0.25, -0.2) is 8.78 Å². The molecule has 2 atom stereocenters. The van der Waals surface area contributed by atoms with Crippen molar-refractivity contribution >= 4 is 33.4 Å². The number of nitrogens with one attached hydrogen (secondary N) is 1. The van der Waals surface area contributed by atoms with E-state index in [1.54, 1.807) is 6.92 Å². The lowest BCUT2D eigenvalue weighted by molar-refractivity contribution is 0.0934. The minimum atomic E-state index is -0.835. The molecular formula is C12H13BrClF2NO. The molecule has 0 aliphatic carbocycles. The summed E-state index contributed by atoms with van der Waals surface area (Å²) in [7, 11) is 0. The summed E-state index contributed by atoms with van der Waals surface area (Å²) < 4.78 is 26.7. The normalized spacial score (nSPS) is 14.1. The molecule has 1 aromatic rings. The Balaban J connectivity index is 2.82. The molecule has 0 aromatic heterocycles. The first-order valence-electron chi connectivity index (χ1n) is 5.40. The van der Waals surface area contributed by atoms with Crippen LogP contribution in [-0.4, -0.2) is 16.8 Å². The zero-order valence-electron chi connectivity index (χ0n) is 9.94. The molecule has 0 spiro atoms. The SMILES string of the molecule is CC(Br)CC(C)NC(=O)c1cc(F)c(Cl)cc1F. The van der Waals surface area contributed by atoms with Crippen LogP contribution in [0.1, 0.15) is 30.6 Å². The van der Waals surface area contributed by atoms with Gasteiger partial charge in [-0.05, 0) is 25.5 Å². The molecule has 1 N–H and O–H groups in total. The summed E-state index contributed by atoms with van der Waals surface area (Å²) in [4.78, 5) is 12.0. The minimum absolute atomic E-state index is 0.148. The van der Waals surface area contributed by atoms with Gasteiger partial charge in [0.05, 0.1) is 10.6 Å².